The van der Waals surface area contributed by atoms with E-state index in [0.717, 1.165) is 23.3 Å². The van der Waals surface area contributed by atoms with E-state index in [9.17, 15) is 9.59 Å². The van der Waals surface area contributed by atoms with Crippen molar-refractivity contribution in [3.05, 3.63) is 65.0 Å². The summed E-state index contributed by atoms with van der Waals surface area (Å²) in [5.41, 5.74) is 1.91. The molecule has 1 fully saturated rings. The van der Waals surface area contributed by atoms with E-state index in [2.05, 4.69) is 6.92 Å². The van der Waals surface area contributed by atoms with Gasteiger partial charge in [-0.15, -0.1) is 0 Å². The topological polar surface area (TPSA) is 59.1 Å². The van der Waals surface area contributed by atoms with Crippen LogP contribution < -0.4 is 9.64 Å². The molecule has 36 heavy (non-hydrogen) atoms. The van der Waals surface area contributed by atoms with Crippen LogP contribution in [-0.2, 0) is 21.5 Å². The molecule has 1 unspecified atom stereocenters. The van der Waals surface area contributed by atoms with Crippen LogP contribution in [0.3, 0.4) is 0 Å². The van der Waals surface area contributed by atoms with Gasteiger partial charge < -0.3 is 14.4 Å². The molecule has 0 radical (unpaired) electrons. The van der Waals surface area contributed by atoms with Crippen LogP contribution >= 0.6 is 0 Å². The summed E-state index contributed by atoms with van der Waals surface area (Å²) < 4.78 is 26.7. The van der Waals surface area contributed by atoms with Crippen LogP contribution in [0.5, 0.6) is 5.75 Å². The van der Waals surface area contributed by atoms with Gasteiger partial charge in [-0.05, 0) is 81.3 Å². The number of halogens is 1. The molecule has 3 aliphatic rings. The summed E-state index contributed by atoms with van der Waals surface area (Å²) in [7, 11) is 1.60. The molecule has 1 atom stereocenters. The molecule has 7 heteroatoms. The molecule has 2 aromatic carbocycles. The molecule has 2 aromatic rings. The van der Waals surface area contributed by atoms with Crippen molar-refractivity contribution >= 4 is 23.4 Å². The lowest BCUT2D eigenvalue weighted by molar-refractivity contribution is -0.120. The van der Waals surface area contributed by atoms with Gasteiger partial charge in [0, 0.05) is 12.1 Å². The number of carbonyl (C=O) groups excluding carboxylic acids is 2. The molecule has 190 valence electrons. The molecule has 0 N–H and O–H groups in total. The van der Waals surface area contributed by atoms with E-state index in [1.54, 1.807) is 16.9 Å². The van der Waals surface area contributed by atoms with E-state index in [-0.39, 0.29) is 18.4 Å². The molecule has 5 rings (SSSR count). The Bertz CT molecular complexity index is 1240. The van der Waals surface area contributed by atoms with Crippen LogP contribution in [0.4, 0.5) is 14.9 Å². The monoisotopic (exact) mass is 492 g/mol. The molecule has 0 aromatic heterocycles. The minimum Gasteiger partial charge on any atom is -0.497 e. The first kappa shape index (κ1) is 24.3. The minimum absolute atomic E-state index is 0.0559. The number of rotatable bonds is 4. The number of methoxy groups -OCH3 is 1. The summed E-state index contributed by atoms with van der Waals surface area (Å²) in [5, 5.41) is 0. The SMILES string of the molecule is COc1ccc(CN2C(=O)C3(CC3)c3cc(C4=CCC(C)CN4C(=O)OC(C)(C)C)cc(F)c32)cc1. The molecule has 2 heterocycles. The standard InChI is InChI=1S/C29H33FN2O4/c1-18-6-11-24(31(16-18)27(34)36-28(2,3)4)20-14-22-25(23(30)15-20)32(26(33)29(22)12-13-29)17-19-7-9-21(35-5)10-8-19/h7-11,14-15,18H,6,12-13,16-17H2,1-5H3. The highest BCUT2D eigenvalue weighted by atomic mass is 19.1. The van der Waals surface area contributed by atoms with Crippen molar-refractivity contribution in [2.45, 2.75) is 64.5 Å². The second-order valence-corrected chi connectivity index (χ2v) is 11.2. The van der Waals surface area contributed by atoms with E-state index < -0.39 is 22.9 Å². The maximum atomic E-state index is 15.8. The first-order valence-electron chi connectivity index (χ1n) is 12.5. The number of amides is 2. The Hall–Kier alpha value is -3.35. The predicted octanol–water partition coefficient (Wildman–Crippen LogP) is 6.03. The lowest BCUT2D eigenvalue weighted by Crippen LogP contribution is -2.39. The van der Waals surface area contributed by atoms with Crippen LogP contribution in [0, 0.1) is 11.7 Å². The van der Waals surface area contributed by atoms with E-state index in [0.29, 0.717) is 36.3 Å². The third-order valence-electron chi connectivity index (χ3n) is 7.16. The van der Waals surface area contributed by atoms with E-state index in [4.69, 9.17) is 9.47 Å². The molecule has 0 bridgehead atoms. The average molecular weight is 493 g/mol. The highest BCUT2D eigenvalue weighted by molar-refractivity contribution is 6.10. The van der Waals surface area contributed by atoms with Crippen LogP contribution in [0.2, 0.25) is 0 Å². The molecule has 2 amide bonds. The Labute approximate surface area is 211 Å². The number of ether oxygens (including phenoxy) is 2. The molecule has 1 saturated carbocycles. The van der Waals surface area contributed by atoms with Gasteiger partial charge in [0.25, 0.3) is 0 Å². The van der Waals surface area contributed by atoms with Gasteiger partial charge in [-0.3, -0.25) is 9.69 Å². The zero-order chi connectivity index (χ0) is 25.8. The van der Waals surface area contributed by atoms with E-state index >= 15 is 4.39 Å². The van der Waals surface area contributed by atoms with Gasteiger partial charge in [-0.1, -0.05) is 25.1 Å². The summed E-state index contributed by atoms with van der Waals surface area (Å²) >= 11 is 0. The number of fused-ring (bicyclic) bond motifs is 2. The zero-order valence-corrected chi connectivity index (χ0v) is 21.6. The summed E-state index contributed by atoms with van der Waals surface area (Å²) in [5.74, 6) is 0.485. The lowest BCUT2D eigenvalue weighted by Gasteiger charge is -2.34. The number of hydrogen-bond acceptors (Lipinski definition) is 4. The Morgan fingerprint density at radius 1 is 1.17 bits per heavy atom. The third kappa shape index (κ3) is 4.25. The second-order valence-electron chi connectivity index (χ2n) is 11.2. The highest BCUT2D eigenvalue weighted by Gasteiger charge is 2.60. The zero-order valence-electron chi connectivity index (χ0n) is 21.6. The van der Waals surface area contributed by atoms with Crippen molar-refractivity contribution in [3.8, 4) is 5.75 Å². The Morgan fingerprint density at radius 2 is 1.86 bits per heavy atom. The lowest BCUT2D eigenvalue weighted by atomic mass is 9.92. The maximum Gasteiger partial charge on any atom is 0.414 e. The summed E-state index contributed by atoms with van der Waals surface area (Å²) in [6.07, 6.45) is 3.71. The first-order chi connectivity index (χ1) is 17.0. The minimum atomic E-state index is -0.669. The van der Waals surface area contributed by atoms with Crippen molar-refractivity contribution in [2.24, 2.45) is 5.92 Å². The van der Waals surface area contributed by atoms with Crippen LogP contribution in [0.1, 0.15) is 63.6 Å². The van der Waals surface area contributed by atoms with Crippen molar-refractivity contribution in [3.63, 3.8) is 0 Å². The van der Waals surface area contributed by atoms with Crippen molar-refractivity contribution in [1.29, 1.82) is 0 Å². The van der Waals surface area contributed by atoms with Gasteiger partial charge in [-0.25, -0.2) is 9.18 Å². The number of carbonyl (C=O) groups is 2. The molecule has 6 nitrogen and oxygen atoms in total. The smallest absolute Gasteiger partial charge is 0.414 e. The van der Waals surface area contributed by atoms with Crippen molar-refractivity contribution in [1.82, 2.24) is 4.90 Å². The molecular formula is C29H33FN2O4. The fourth-order valence-electron chi connectivity index (χ4n) is 5.20. The van der Waals surface area contributed by atoms with E-state index in [1.165, 1.54) is 6.07 Å². The summed E-state index contributed by atoms with van der Waals surface area (Å²) in [4.78, 5) is 29.8. The first-order valence-corrected chi connectivity index (χ1v) is 12.5. The highest BCUT2D eigenvalue weighted by Crippen LogP contribution is 2.58. The molecule has 2 aliphatic heterocycles. The Kier molecular flexibility index (Phi) is 5.85. The number of allylic oxidation sites excluding steroid dienone is 1. The summed E-state index contributed by atoms with van der Waals surface area (Å²) in [6.45, 7) is 8.35. The van der Waals surface area contributed by atoms with Gasteiger partial charge in [-0.2, -0.15) is 0 Å². The molecular weight excluding hydrogens is 459 g/mol. The molecule has 0 saturated heterocycles. The van der Waals surface area contributed by atoms with Gasteiger partial charge >= 0.3 is 6.09 Å². The Morgan fingerprint density at radius 3 is 2.47 bits per heavy atom. The van der Waals surface area contributed by atoms with Gasteiger partial charge in [0.2, 0.25) is 5.91 Å². The number of anilines is 1. The predicted molar refractivity (Wildman–Crippen MR) is 136 cm³/mol. The average Bonchev–Trinajstić information content (AvgIpc) is 3.59. The van der Waals surface area contributed by atoms with Crippen molar-refractivity contribution in [2.75, 3.05) is 18.6 Å². The number of hydrogen-bond donors (Lipinski definition) is 0. The van der Waals surface area contributed by atoms with Gasteiger partial charge in [0.15, 0.2) is 0 Å². The number of nitrogens with zero attached hydrogens (tertiary/aromatic N) is 2. The fourth-order valence-corrected chi connectivity index (χ4v) is 5.20. The fraction of sp³-hybridized carbons (Fsp3) is 0.448. The second kappa shape index (κ2) is 8.64. The molecule has 1 aliphatic carbocycles. The normalized spacial score (nSPS) is 20.3. The van der Waals surface area contributed by atoms with Gasteiger partial charge in [0.1, 0.15) is 17.2 Å². The summed E-state index contributed by atoms with van der Waals surface area (Å²) in [6, 6.07) is 10.8. The Balaban J connectivity index is 1.51. The van der Waals surface area contributed by atoms with Crippen LogP contribution in [0.15, 0.2) is 42.5 Å². The number of benzene rings is 2. The third-order valence-corrected chi connectivity index (χ3v) is 7.16. The van der Waals surface area contributed by atoms with E-state index in [1.807, 2.05) is 57.2 Å². The van der Waals surface area contributed by atoms with Gasteiger partial charge in [0.05, 0.1) is 30.5 Å². The largest absolute Gasteiger partial charge is 0.497 e. The van der Waals surface area contributed by atoms with Crippen molar-refractivity contribution < 1.29 is 23.5 Å². The molecule has 1 spiro atoms. The quantitative estimate of drug-likeness (QED) is 0.523. The van der Waals surface area contributed by atoms with Crippen LogP contribution in [-0.4, -0.2) is 36.2 Å². The van der Waals surface area contributed by atoms with Crippen LogP contribution in [0.25, 0.3) is 5.70 Å². The maximum absolute atomic E-state index is 15.8.